The first-order chi connectivity index (χ1) is 11.4. The summed E-state index contributed by atoms with van der Waals surface area (Å²) in [6, 6.07) is 3.16. The number of carbonyl (C=O) groups excluding carboxylic acids is 2. The molecule has 7 heteroatoms. The van der Waals surface area contributed by atoms with Gasteiger partial charge in [0.1, 0.15) is 11.6 Å². The normalized spacial score (nSPS) is 15.5. The third-order valence-electron chi connectivity index (χ3n) is 4.28. The first-order valence-corrected chi connectivity index (χ1v) is 8.10. The Hall–Kier alpha value is -2.18. The van der Waals surface area contributed by atoms with E-state index in [1.807, 2.05) is 0 Å². The van der Waals surface area contributed by atoms with E-state index in [9.17, 15) is 18.4 Å². The number of rotatable bonds is 6. The van der Waals surface area contributed by atoms with Gasteiger partial charge < -0.3 is 15.1 Å². The van der Waals surface area contributed by atoms with Gasteiger partial charge in [0.2, 0.25) is 5.91 Å². The van der Waals surface area contributed by atoms with Crippen LogP contribution >= 0.6 is 0 Å². The lowest BCUT2D eigenvalue weighted by atomic mass is 10.0. The molecule has 1 aromatic rings. The molecule has 5 nitrogen and oxygen atoms in total. The molecule has 1 aliphatic heterocycles. The minimum absolute atomic E-state index is 0.129. The van der Waals surface area contributed by atoms with Gasteiger partial charge in [-0.2, -0.15) is 0 Å². The number of benzene rings is 1. The second kappa shape index (κ2) is 8.08. The Bertz CT molecular complexity index is 609. The first-order valence-electron chi connectivity index (χ1n) is 8.10. The fraction of sp³-hybridized carbons (Fsp3) is 0.529. The molecule has 0 aliphatic carbocycles. The van der Waals surface area contributed by atoms with Crippen molar-refractivity contribution < 1.29 is 18.4 Å². The summed E-state index contributed by atoms with van der Waals surface area (Å²) < 4.78 is 26.6. The van der Waals surface area contributed by atoms with Crippen molar-refractivity contribution in [3.63, 3.8) is 0 Å². The Balaban J connectivity index is 1.77. The van der Waals surface area contributed by atoms with E-state index in [1.165, 1.54) is 17.0 Å². The fourth-order valence-electron chi connectivity index (χ4n) is 2.70. The van der Waals surface area contributed by atoms with Gasteiger partial charge in [-0.05, 0) is 18.1 Å². The highest BCUT2D eigenvalue weighted by Crippen LogP contribution is 2.19. The molecule has 24 heavy (non-hydrogen) atoms. The largest absolute Gasteiger partial charge is 0.341 e. The molecule has 132 valence electrons. The number of likely N-dealkylation sites (tertiary alicyclic amines) is 1. The van der Waals surface area contributed by atoms with Gasteiger partial charge in [0.15, 0.2) is 0 Å². The smallest absolute Gasteiger partial charge is 0.317 e. The van der Waals surface area contributed by atoms with Crippen molar-refractivity contribution in [2.24, 2.45) is 0 Å². The van der Waals surface area contributed by atoms with Crippen molar-refractivity contribution in [1.82, 2.24) is 15.1 Å². The summed E-state index contributed by atoms with van der Waals surface area (Å²) in [6.45, 7) is 3.71. The van der Waals surface area contributed by atoms with Crippen molar-refractivity contribution in [2.45, 2.75) is 25.7 Å². The molecule has 1 fully saturated rings. The van der Waals surface area contributed by atoms with Crippen LogP contribution in [0.25, 0.3) is 0 Å². The Morgan fingerprint density at radius 3 is 2.79 bits per heavy atom. The minimum atomic E-state index is -0.622. The molecule has 1 aliphatic rings. The SMILES string of the molecule is C[C@@H](CNC(=O)N(C)CCN1CCCC1=O)c1ccc(F)cc1F. The molecule has 1 N–H and O–H groups in total. The van der Waals surface area contributed by atoms with E-state index < -0.39 is 11.6 Å². The molecule has 0 aromatic heterocycles. The highest BCUT2D eigenvalue weighted by Gasteiger charge is 2.21. The first kappa shape index (κ1) is 18.2. The monoisotopic (exact) mass is 339 g/mol. The predicted octanol–water partition coefficient (Wildman–Crippen LogP) is 2.33. The zero-order valence-electron chi connectivity index (χ0n) is 14.0. The van der Waals surface area contributed by atoms with Crippen LogP contribution in [0, 0.1) is 11.6 Å². The van der Waals surface area contributed by atoms with Gasteiger partial charge in [0.05, 0.1) is 0 Å². The van der Waals surface area contributed by atoms with Gasteiger partial charge in [-0.3, -0.25) is 4.79 Å². The number of hydrogen-bond acceptors (Lipinski definition) is 2. The summed E-state index contributed by atoms with van der Waals surface area (Å²) in [5, 5.41) is 2.73. The van der Waals surface area contributed by atoms with Crippen LogP contribution in [0.15, 0.2) is 18.2 Å². The molecule has 2 rings (SSSR count). The molecular weight excluding hydrogens is 316 g/mol. The fourth-order valence-corrected chi connectivity index (χ4v) is 2.70. The van der Waals surface area contributed by atoms with E-state index in [4.69, 9.17) is 0 Å². The summed E-state index contributed by atoms with van der Waals surface area (Å²) >= 11 is 0. The van der Waals surface area contributed by atoms with Crippen LogP contribution in [-0.2, 0) is 4.79 Å². The van der Waals surface area contributed by atoms with Crippen LogP contribution in [0.5, 0.6) is 0 Å². The van der Waals surface area contributed by atoms with Crippen molar-refractivity contribution in [2.75, 3.05) is 33.2 Å². The average Bonchev–Trinajstić information content (AvgIpc) is 2.95. The standard InChI is InChI=1S/C17H23F2N3O2/c1-12(14-6-5-13(18)10-15(14)19)11-20-17(24)21(2)8-9-22-7-3-4-16(22)23/h5-6,10,12H,3-4,7-9,11H2,1-2H3,(H,20,24)/t12-/m0/s1. The Labute approximate surface area is 140 Å². The summed E-state index contributed by atoms with van der Waals surface area (Å²) in [5.41, 5.74) is 0.363. The number of hydrogen-bond donors (Lipinski definition) is 1. The number of carbonyl (C=O) groups is 2. The second-order valence-electron chi connectivity index (χ2n) is 6.16. The van der Waals surface area contributed by atoms with Crippen molar-refractivity contribution >= 4 is 11.9 Å². The van der Waals surface area contributed by atoms with Gasteiger partial charge in [-0.15, -0.1) is 0 Å². The molecule has 1 saturated heterocycles. The molecule has 0 spiro atoms. The van der Waals surface area contributed by atoms with Crippen LogP contribution < -0.4 is 5.32 Å². The second-order valence-corrected chi connectivity index (χ2v) is 6.16. The quantitative estimate of drug-likeness (QED) is 0.865. The molecule has 3 amide bonds. The van der Waals surface area contributed by atoms with Crippen molar-refractivity contribution in [1.29, 1.82) is 0 Å². The number of halogens is 2. The molecule has 0 unspecified atom stereocenters. The number of urea groups is 1. The van der Waals surface area contributed by atoms with E-state index in [1.54, 1.807) is 18.9 Å². The highest BCUT2D eigenvalue weighted by atomic mass is 19.1. The number of likely N-dealkylation sites (N-methyl/N-ethyl adjacent to an activating group) is 1. The average molecular weight is 339 g/mol. The van der Waals surface area contributed by atoms with Gasteiger partial charge in [0.25, 0.3) is 0 Å². The minimum Gasteiger partial charge on any atom is -0.341 e. The Morgan fingerprint density at radius 1 is 1.42 bits per heavy atom. The predicted molar refractivity (Wildman–Crippen MR) is 86.6 cm³/mol. The van der Waals surface area contributed by atoms with E-state index in [2.05, 4.69) is 5.32 Å². The molecule has 1 atom stereocenters. The molecule has 0 bridgehead atoms. The van der Waals surface area contributed by atoms with Gasteiger partial charge in [0, 0.05) is 51.6 Å². The number of amides is 3. The van der Waals surface area contributed by atoms with E-state index >= 15 is 0 Å². The Kier molecular flexibility index (Phi) is 6.11. The lowest BCUT2D eigenvalue weighted by Crippen LogP contribution is -2.43. The molecular formula is C17H23F2N3O2. The summed E-state index contributed by atoms with van der Waals surface area (Å²) in [5.74, 6) is -1.38. The molecule has 1 heterocycles. The zero-order valence-corrected chi connectivity index (χ0v) is 14.0. The molecule has 0 saturated carbocycles. The van der Waals surface area contributed by atoms with Gasteiger partial charge in [-0.25, -0.2) is 13.6 Å². The lowest BCUT2D eigenvalue weighted by molar-refractivity contribution is -0.127. The van der Waals surface area contributed by atoms with E-state index in [0.29, 0.717) is 25.1 Å². The summed E-state index contributed by atoms with van der Waals surface area (Å²) in [7, 11) is 1.65. The number of nitrogens with one attached hydrogen (secondary N) is 1. The zero-order chi connectivity index (χ0) is 17.7. The third-order valence-corrected chi connectivity index (χ3v) is 4.28. The summed E-state index contributed by atoms with van der Waals surface area (Å²) in [6.07, 6.45) is 1.45. The van der Waals surface area contributed by atoms with Crippen LogP contribution in [-0.4, -0.2) is 55.0 Å². The maximum absolute atomic E-state index is 13.7. The third kappa shape index (κ3) is 4.66. The Morgan fingerprint density at radius 2 is 2.17 bits per heavy atom. The summed E-state index contributed by atoms with van der Waals surface area (Å²) in [4.78, 5) is 26.8. The van der Waals surface area contributed by atoms with Gasteiger partial charge >= 0.3 is 6.03 Å². The van der Waals surface area contributed by atoms with Crippen LogP contribution in [0.2, 0.25) is 0 Å². The van der Waals surface area contributed by atoms with Crippen molar-refractivity contribution in [3.8, 4) is 0 Å². The topological polar surface area (TPSA) is 52.7 Å². The van der Waals surface area contributed by atoms with Crippen LogP contribution in [0.3, 0.4) is 0 Å². The molecule has 0 radical (unpaired) electrons. The van der Waals surface area contributed by atoms with Gasteiger partial charge in [-0.1, -0.05) is 13.0 Å². The number of nitrogens with zero attached hydrogens (tertiary/aromatic N) is 2. The maximum atomic E-state index is 13.7. The highest BCUT2D eigenvalue weighted by molar-refractivity contribution is 5.78. The van der Waals surface area contributed by atoms with Crippen LogP contribution in [0.4, 0.5) is 13.6 Å². The van der Waals surface area contributed by atoms with Crippen molar-refractivity contribution in [3.05, 3.63) is 35.4 Å². The van der Waals surface area contributed by atoms with E-state index in [-0.39, 0.29) is 24.4 Å². The molecule has 1 aromatic carbocycles. The lowest BCUT2D eigenvalue weighted by Gasteiger charge is -2.23. The van der Waals surface area contributed by atoms with Crippen LogP contribution in [0.1, 0.15) is 31.2 Å². The maximum Gasteiger partial charge on any atom is 0.317 e. The van der Waals surface area contributed by atoms with E-state index in [0.717, 1.165) is 19.0 Å².